The Kier molecular flexibility index (Phi) is 7.13. The van der Waals surface area contributed by atoms with Crippen molar-refractivity contribution in [3.8, 4) is 17.6 Å². The Morgan fingerprint density at radius 2 is 1.65 bits per heavy atom. The first-order valence-corrected chi connectivity index (χ1v) is 11.7. The maximum Gasteiger partial charge on any atom is 0.332 e. The van der Waals surface area contributed by atoms with Gasteiger partial charge in [-0.05, 0) is 42.0 Å². The number of nitriles is 1. The lowest BCUT2D eigenvalue weighted by Gasteiger charge is -2.25. The van der Waals surface area contributed by atoms with Gasteiger partial charge in [0.2, 0.25) is 0 Å². The van der Waals surface area contributed by atoms with E-state index < -0.39 is 23.4 Å². The van der Waals surface area contributed by atoms with Gasteiger partial charge in [0.25, 0.3) is 11.5 Å². The Balaban J connectivity index is 2.00. The molecule has 2 aromatic carbocycles. The van der Waals surface area contributed by atoms with Crippen LogP contribution in [0.5, 0.6) is 11.5 Å². The van der Waals surface area contributed by atoms with E-state index in [1.807, 2.05) is 0 Å². The maximum absolute atomic E-state index is 13.8. The molecule has 0 saturated heterocycles. The second-order valence-corrected chi connectivity index (χ2v) is 8.82. The molecular formula is C26H22N4O6S. The topological polar surface area (TPSA) is 146 Å². The summed E-state index contributed by atoms with van der Waals surface area (Å²) in [5.74, 6) is -1.11. The molecule has 3 aromatic rings. The van der Waals surface area contributed by atoms with Crippen LogP contribution in [0.3, 0.4) is 0 Å². The van der Waals surface area contributed by atoms with Crippen LogP contribution in [0.4, 0.5) is 5.69 Å². The number of methoxy groups -OCH3 is 3. The molecule has 0 radical (unpaired) electrons. The fourth-order valence-electron chi connectivity index (χ4n) is 3.94. The molecular weight excluding hydrogens is 496 g/mol. The minimum absolute atomic E-state index is 0.00668. The summed E-state index contributed by atoms with van der Waals surface area (Å²) in [6, 6.07) is 15.6. The van der Waals surface area contributed by atoms with E-state index in [4.69, 9.17) is 15.2 Å². The van der Waals surface area contributed by atoms with Gasteiger partial charge in [-0.1, -0.05) is 12.1 Å². The number of nitrogens with zero attached hydrogens (tertiary/aromatic N) is 2. The summed E-state index contributed by atoms with van der Waals surface area (Å²) in [5, 5.41) is 12.9. The summed E-state index contributed by atoms with van der Waals surface area (Å²) < 4.78 is 16.3. The van der Waals surface area contributed by atoms with E-state index >= 15 is 0 Å². The maximum atomic E-state index is 13.8. The highest BCUT2D eigenvalue weighted by molar-refractivity contribution is 7.07. The van der Waals surface area contributed by atoms with Gasteiger partial charge < -0.3 is 25.3 Å². The normalized spacial score (nSPS) is 15.0. The summed E-state index contributed by atoms with van der Waals surface area (Å²) in [6.07, 6.45) is 1.03. The zero-order valence-corrected chi connectivity index (χ0v) is 20.9. The fourth-order valence-corrected chi connectivity index (χ4v) is 5.07. The number of carbonyl (C=O) groups is 2. The molecule has 2 heterocycles. The number of amides is 1. The molecule has 10 nitrogen and oxygen atoms in total. The van der Waals surface area contributed by atoms with Gasteiger partial charge in [-0.15, -0.1) is 11.3 Å². The third kappa shape index (κ3) is 4.70. The Hall–Kier alpha value is -4.82. The van der Waals surface area contributed by atoms with Crippen molar-refractivity contribution in [2.24, 2.45) is 5.73 Å². The van der Waals surface area contributed by atoms with Gasteiger partial charge in [-0.3, -0.25) is 14.2 Å². The predicted octanol–water partition coefficient (Wildman–Crippen LogP) is 1.12. The zero-order chi connectivity index (χ0) is 26.7. The van der Waals surface area contributed by atoms with Crippen LogP contribution in [0.1, 0.15) is 11.5 Å². The van der Waals surface area contributed by atoms with Gasteiger partial charge >= 0.3 is 5.97 Å². The zero-order valence-electron chi connectivity index (χ0n) is 20.1. The molecule has 1 aliphatic rings. The van der Waals surface area contributed by atoms with Gasteiger partial charge in [0.1, 0.15) is 26.5 Å². The first kappa shape index (κ1) is 25.3. The second kappa shape index (κ2) is 10.4. The quantitative estimate of drug-likeness (QED) is 0.462. The van der Waals surface area contributed by atoms with Crippen LogP contribution in [-0.4, -0.2) is 37.8 Å². The van der Waals surface area contributed by atoms with Crippen molar-refractivity contribution >= 4 is 46.4 Å². The summed E-state index contributed by atoms with van der Waals surface area (Å²) in [5.41, 5.74) is 6.88. The summed E-state index contributed by atoms with van der Waals surface area (Å²) in [6.45, 7) is 0. The van der Waals surface area contributed by atoms with Crippen molar-refractivity contribution < 1.29 is 23.8 Å². The Morgan fingerprint density at radius 3 is 2.19 bits per heavy atom. The van der Waals surface area contributed by atoms with Gasteiger partial charge in [-0.25, -0.2) is 4.79 Å². The van der Waals surface area contributed by atoms with Crippen LogP contribution >= 0.6 is 11.3 Å². The van der Waals surface area contributed by atoms with E-state index in [-0.39, 0.29) is 26.2 Å². The molecule has 0 spiro atoms. The van der Waals surface area contributed by atoms with Crippen molar-refractivity contribution in [3.63, 3.8) is 0 Å². The number of aromatic nitrogens is 1. The monoisotopic (exact) mass is 518 g/mol. The number of esters is 1. The van der Waals surface area contributed by atoms with Crippen LogP contribution in [0.2, 0.25) is 0 Å². The number of ether oxygens (including phenoxy) is 3. The standard InChI is InChI=1S/C26H22N4O6S/c1-34-16-8-4-14(5-9-16)21-18(13-27)23(28)30-25(33)19(12-20(31)36-3)37-26(30)22(21)24(32)29-15-6-10-17(35-2)11-7-15/h4-12,21H,28H2,1-3H3,(H,29,32)/b19-12-/t21-/m0/s1. The lowest BCUT2D eigenvalue weighted by atomic mass is 9.83. The number of nitrogens with two attached hydrogens (primary N) is 1. The first-order valence-electron chi connectivity index (χ1n) is 10.9. The highest BCUT2D eigenvalue weighted by Gasteiger charge is 2.35. The summed E-state index contributed by atoms with van der Waals surface area (Å²) in [7, 11) is 4.24. The second-order valence-electron chi connectivity index (χ2n) is 7.79. The van der Waals surface area contributed by atoms with Crippen LogP contribution in [0.25, 0.3) is 17.5 Å². The van der Waals surface area contributed by atoms with E-state index in [2.05, 4.69) is 16.1 Å². The lowest BCUT2D eigenvalue weighted by Crippen LogP contribution is -2.40. The Labute approximate surface area is 215 Å². The average Bonchev–Trinajstić information content (AvgIpc) is 3.24. The molecule has 0 bridgehead atoms. The van der Waals surface area contributed by atoms with E-state index in [9.17, 15) is 19.6 Å². The van der Waals surface area contributed by atoms with Gasteiger partial charge in [0, 0.05) is 11.8 Å². The van der Waals surface area contributed by atoms with Gasteiger partial charge in [-0.2, -0.15) is 5.26 Å². The molecule has 0 unspecified atom stereocenters. The molecule has 0 saturated carbocycles. The Bertz CT molecular complexity index is 1630. The van der Waals surface area contributed by atoms with E-state index in [0.29, 0.717) is 22.7 Å². The lowest BCUT2D eigenvalue weighted by molar-refractivity contribution is -0.133. The van der Waals surface area contributed by atoms with E-state index in [1.165, 1.54) is 21.3 Å². The molecule has 3 N–H and O–H groups in total. The number of thiazole rings is 1. The van der Waals surface area contributed by atoms with Crippen LogP contribution < -0.4 is 35.3 Å². The molecule has 1 aliphatic heterocycles. The number of rotatable bonds is 6. The molecule has 0 aliphatic carbocycles. The number of carbonyl (C=O) groups excluding carboxylic acids is 2. The summed E-state index contributed by atoms with van der Waals surface area (Å²) in [4.78, 5) is 38.8. The number of hydrogen-bond donors (Lipinski definition) is 2. The minimum atomic E-state index is -0.891. The molecule has 11 heteroatoms. The highest BCUT2D eigenvalue weighted by atomic mass is 32.1. The van der Waals surface area contributed by atoms with Crippen molar-refractivity contribution in [1.29, 1.82) is 5.26 Å². The molecule has 1 atom stereocenters. The average molecular weight is 519 g/mol. The molecule has 1 amide bonds. The number of allylic oxidation sites excluding steroid dienone is 1. The molecule has 37 heavy (non-hydrogen) atoms. The molecule has 1 aromatic heterocycles. The van der Waals surface area contributed by atoms with Crippen LogP contribution in [0, 0.1) is 11.3 Å². The van der Waals surface area contributed by atoms with Crippen molar-refractivity contribution in [3.05, 3.63) is 79.2 Å². The molecule has 0 fully saturated rings. The highest BCUT2D eigenvalue weighted by Crippen LogP contribution is 2.37. The first-order chi connectivity index (χ1) is 17.8. The van der Waals surface area contributed by atoms with Gasteiger partial charge in [0.15, 0.2) is 0 Å². The third-order valence-electron chi connectivity index (χ3n) is 5.76. The smallest absolute Gasteiger partial charge is 0.332 e. The molecule has 188 valence electrons. The largest absolute Gasteiger partial charge is 0.497 e. The molecule has 4 rings (SSSR count). The number of hydrogen-bond acceptors (Lipinski definition) is 9. The number of anilines is 1. The fraction of sp³-hybridized carbons (Fsp3) is 0.154. The number of benzene rings is 2. The van der Waals surface area contributed by atoms with Crippen molar-refractivity contribution in [2.45, 2.75) is 5.92 Å². The van der Waals surface area contributed by atoms with Crippen molar-refractivity contribution in [2.75, 3.05) is 26.6 Å². The van der Waals surface area contributed by atoms with Gasteiger partial charge in [0.05, 0.1) is 44.5 Å². The number of fused-ring (bicyclic) bond motifs is 1. The Morgan fingerprint density at radius 1 is 1.05 bits per heavy atom. The van der Waals surface area contributed by atoms with Crippen LogP contribution in [0.15, 0.2) is 58.9 Å². The van der Waals surface area contributed by atoms with E-state index in [1.54, 1.807) is 48.5 Å². The predicted molar refractivity (Wildman–Crippen MR) is 138 cm³/mol. The van der Waals surface area contributed by atoms with E-state index in [0.717, 1.165) is 22.0 Å². The summed E-state index contributed by atoms with van der Waals surface area (Å²) >= 11 is 0.909. The number of nitrogens with one attached hydrogen (secondary N) is 1. The SMILES string of the molecule is COC(=O)/C=c1\sc2n(c1=O)C(N)=C(C#N)[C@H](c1ccc(OC)cc1)C=2C(=O)Nc1ccc(OC)cc1. The van der Waals surface area contributed by atoms with Crippen molar-refractivity contribution in [1.82, 2.24) is 4.57 Å². The minimum Gasteiger partial charge on any atom is -0.497 e. The third-order valence-corrected chi connectivity index (χ3v) is 6.87. The van der Waals surface area contributed by atoms with Crippen LogP contribution in [-0.2, 0) is 14.3 Å².